The molecule has 148 valence electrons. The van der Waals surface area contributed by atoms with Crippen LogP contribution in [0, 0.1) is 17.8 Å². The SMILES string of the molecule is Cn1cc([C@@H](O)C(=O)Nc2ccccc2NC23CC4CC(CC(C4)C2)C3)cn1. The van der Waals surface area contributed by atoms with Gasteiger partial charge in [-0.2, -0.15) is 5.10 Å². The summed E-state index contributed by atoms with van der Waals surface area (Å²) in [6.45, 7) is 0. The summed E-state index contributed by atoms with van der Waals surface area (Å²) in [5.41, 5.74) is 2.34. The van der Waals surface area contributed by atoms with Gasteiger partial charge in [-0.1, -0.05) is 12.1 Å². The molecule has 4 aliphatic carbocycles. The number of carbonyl (C=O) groups is 1. The molecule has 1 heterocycles. The number of benzene rings is 1. The molecule has 4 aliphatic rings. The molecule has 3 N–H and O–H groups in total. The van der Waals surface area contributed by atoms with E-state index in [1.165, 1.54) is 44.7 Å². The number of hydrogen-bond donors (Lipinski definition) is 3. The smallest absolute Gasteiger partial charge is 0.258 e. The number of aliphatic hydroxyl groups excluding tert-OH is 1. The van der Waals surface area contributed by atoms with Gasteiger partial charge in [-0.05, 0) is 68.4 Å². The van der Waals surface area contributed by atoms with Crippen LogP contribution in [0.15, 0.2) is 36.7 Å². The van der Waals surface area contributed by atoms with Gasteiger partial charge in [-0.3, -0.25) is 9.48 Å². The number of rotatable bonds is 5. The minimum Gasteiger partial charge on any atom is -0.378 e. The van der Waals surface area contributed by atoms with Crippen LogP contribution in [0.3, 0.4) is 0 Å². The van der Waals surface area contributed by atoms with Gasteiger partial charge < -0.3 is 15.7 Å². The number of aliphatic hydroxyl groups is 1. The van der Waals surface area contributed by atoms with E-state index >= 15 is 0 Å². The molecule has 4 fully saturated rings. The normalized spacial score (nSPS) is 31.6. The average Bonchev–Trinajstić information content (AvgIpc) is 3.07. The molecule has 28 heavy (non-hydrogen) atoms. The number of amides is 1. The standard InChI is InChI=1S/C22H28N4O2/c1-26-13-17(12-23-26)20(27)21(28)24-18-4-2-3-5-19(18)25-22-9-14-6-15(10-22)8-16(7-14)11-22/h2-5,12-16,20,25,27H,6-11H2,1H3,(H,24,28)/t14?,15?,16?,20-,22?/m1/s1. The molecule has 6 nitrogen and oxygen atoms in total. The van der Waals surface area contributed by atoms with Crippen molar-refractivity contribution in [3.05, 3.63) is 42.2 Å². The largest absolute Gasteiger partial charge is 0.378 e. The van der Waals surface area contributed by atoms with Gasteiger partial charge >= 0.3 is 0 Å². The van der Waals surface area contributed by atoms with Crippen molar-refractivity contribution >= 4 is 17.3 Å². The summed E-state index contributed by atoms with van der Waals surface area (Å²) in [6, 6.07) is 7.84. The van der Waals surface area contributed by atoms with Crippen molar-refractivity contribution in [3.8, 4) is 0 Å². The van der Waals surface area contributed by atoms with Crippen molar-refractivity contribution in [3.63, 3.8) is 0 Å². The number of carbonyl (C=O) groups excluding carboxylic acids is 1. The second-order valence-corrected chi connectivity index (χ2v) is 9.21. The fraction of sp³-hybridized carbons (Fsp3) is 0.545. The fourth-order valence-electron chi connectivity index (χ4n) is 6.18. The first-order valence-electron chi connectivity index (χ1n) is 10.3. The monoisotopic (exact) mass is 380 g/mol. The maximum atomic E-state index is 12.6. The maximum Gasteiger partial charge on any atom is 0.258 e. The highest BCUT2D eigenvalue weighted by molar-refractivity contribution is 5.97. The molecule has 4 bridgehead atoms. The zero-order valence-electron chi connectivity index (χ0n) is 16.3. The minimum absolute atomic E-state index is 0.164. The Labute approximate surface area is 165 Å². The van der Waals surface area contributed by atoms with Crippen LogP contribution in [0.5, 0.6) is 0 Å². The molecule has 6 heteroatoms. The molecule has 0 spiro atoms. The highest BCUT2D eigenvalue weighted by Crippen LogP contribution is 2.56. The summed E-state index contributed by atoms with van der Waals surface area (Å²) in [4.78, 5) is 12.6. The van der Waals surface area contributed by atoms with E-state index in [0.717, 1.165) is 29.1 Å². The van der Waals surface area contributed by atoms with Crippen molar-refractivity contribution in [2.24, 2.45) is 24.8 Å². The number of para-hydroxylation sites is 2. The van der Waals surface area contributed by atoms with Crippen LogP contribution in [0.25, 0.3) is 0 Å². The summed E-state index contributed by atoms with van der Waals surface area (Å²) >= 11 is 0. The zero-order chi connectivity index (χ0) is 19.3. The third-order valence-corrected chi connectivity index (χ3v) is 6.91. The molecule has 4 saturated carbocycles. The Kier molecular flexibility index (Phi) is 4.19. The molecule has 0 radical (unpaired) electrons. The van der Waals surface area contributed by atoms with Crippen LogP contribution in [0.1, 0.15) is 50.2 Å². The molecular formula is C22H28N4O2. The lowest BCUT2D eigenvalue weighted by atomic mass is 9.53. The molecule has 1 amide bonds. The third kappa shape index (κ3) is 3.20. The first kappa shape index (κ1) is 17.7. The number of hydrogen-bond acceptors (Lipinski definition) is 4. The number of aromatic nitrogens is 2. The lowest BCUT2D eigenvalue weighted by Gasteiger charge is -2.57. The molecule has 6 rings (SSSR count). The van der Waals surface area contributed by atoms with Crippen molar-refractivity contribution in [2.45, 2.75) is 50.2 Å². The number of nitrogens with one attached hydrogen (secondary N) is 2. The molecule has 1 aromatic carbocycles. The van der Waals surface area contributed by atoms with Gasteiger partial charge in [0.1, 0.15) is 0 Å². The third-order valence-electron chi connectivity index (χ3n) is 6.91. The minimum atomic E-state index is -1.23. The Bertz CT molecular complexity index is 855. The molecule has 1 aromatic heterocycles. The van der Waals surface area contributed by atoms with E-state index in [0.29, 0.717) is 5.56 Å². The highest BCUT2D eigenvalue weighted by Gasteiger charge is 2.51. The van der Waals surface area contributed by atoms with Gasteiger partial charge in [0.2, 0.25) is 0 Å². The van der Waals surface area contributed by atoms with E-state index in [-0.39, 0.29) is 5.54 Å². The van der Waals surface area contributed by atoms with Crippen molar-refractivity contribution in [2.75, 3.05) is 10.6 Å². The average molecular weight is 380 g/mol. The quantitative estimate of drug-likeness (QED) is 0.742. The topological polar surface area (TPSA) is 79.2 Å². The second-order valence-electron chi connectivity index (χ2n) is 9.21. The van der Waals surface area contributed by atoms with Gasteiger partial charge in [-0.25, -0.2) is 0 Å². The molecular weight excluding hydrogens is 352 g/mol. The summed E-state index contributed by atoms with van der Waals surface area (Å²) in [7, 11) is 1.76. The van der Waals surface area contributed by atoms with Crippen LogP contribution in [0.2, 0.25) is 0 Å². The van der Waals surface area contributed by atoms with E-state index in [2.05, 4.69) is 15.7 Å². The second kappa shape index (κ2) is 6.62. The lowest BCUT2D eigenvalue weighted by molar-refractivity contribution is -0.124. The van der Waals surface area contributed by atoms with E-state index < -0.39 is 12.0 Å². The van der Waals surface area contributed by atoms with Crippen molar-refractivity contribution < 1.29 is 9.90 Å². The van der Waals surface area contributed by atoms with Crippen molar-refractivity contribution in [1.29, 1.82) is 0 Å². The molecule has 0 unspecified atom stereocenters. The Morgan fingerprint density at radius 2 is 1.75 bits per heavy atom. The van der Waals surface area contributed by atoms with E-state index in [1.807, 2.05) is 24.3 Å². The van der Waals surface area contributed by atoms with E-state index in [1.54, 1.807) is 17.9 Å². The summed E-state index contributed by atoms with van der Waals surface area (Å²) in [5.74, 6) is 2.13. The van der Waals surface area contributed by atoms with Crippen molar-refractivity contribution in [1.82, 2.24) is 9.78 Å². The number of nitrogens with zero attached hydrogens (tertiary/aromatic N) is 2. The van der Waals surface area contributed by atoms with E-state index in [9.17, 15) is 9.90 Å². The first-order chi connectivity index (χ1) is 13.5. The Morgan fingerprint density at radius 3 is 2.32 bits per heavy atom. The van der Waals surface area contributed by atoms with Crippen LogP contribution in [-0.4, -0.2) is 26.3 Å². The number of aryl methyl sites for hydroxylation is 1. The first-order valence-corrected chi connectivity index (χ1v) is 10.3. The lowest BCUT2D eigenvalue weighted by Crippen LogP contribution is -2.54. The van der Waals surface area contributed by atoms with Gasteiger partial charge in [0.25, 0.3) is 5.91 Å². The van der Waals surface area contributed by atoms with Gasteiger partial charge in [0.15, 0.2) is 6.10 Å². The Hall–Kier alpha value is -2.34. The molecule has 0 aliphatic heterocycles. The van der Waals surface area contributed by atoms with Crippen LogP contribution in [-0.2, 0) is 11.8 Å². The van der Waals surface area contributed by atoms with Gasteiger partial charge in [0, 0.05) is 24.3 Å². The Morgan fingerprint density at radius 1 is 1.14 bits per heavy atom. The van der Waals surface area contributed by atoms with Crippen LogP contribution in [0.4, 0.5) is 11.4 Å². The summed E-state index contributed by atoms with van der Waals surface area (Å²) in [5, 5.41) is 21.1. The molecule has 1 atom stereocenters. The highest BCUT2D eigenvalue weighted by atomic mass is 16.3. The van der Waals surface area contributed by atoms with Gasteiger partial charge in [-0.15, -0.1) is 0 Å². The summed E-state index contributed by atoms with van der Waals surface area (Å²) < 4.78 is 1.58. The maximum absolute atomic E-state index is 12.6. The fourth-order valence-corrected chi connectivity index (χ4v) is 6.18. The zero-order valence-corrected chi connectivity index (χ0v) is 16.3. The van der Waals surface area contributed by atoms with E-state index in [4.69, 9.17) is 0 Å². The summed E-state index contributed by atoms with van der Waals surface area (Å²) in [6.07, 6.45) is 9.84. The number of anilines is 2. The van der Waals surface area contributed by atoms with Crippen LogP contribution >= 0.6 is 0 Å². The van der Waals surface area contributed by atoms with Crippen LogP contribution < -0.4 is 10.6 Å². The Balaban J connectivity index is 1.34. The molecule has 2 aromatic rings. The molecule has 0 saturated heterocycles. The predicted octanol–water partition coefficient (Wildman–Crippen LogP) is 3.47. The van der Waals surface area contributed by atoms with Gasteiger partial charge in [0.05, 0.1) is 17.6 Å². The predicted molar refractivity (Wildman–Crippen MR) is 108 cm³/mol.